The molecule has 1 heterocycles. The lowest BCUT2D eigenvalue weighted by atomic mass is 9.73. The van der Waals surface area contributed by atoms with Crippen LogP contribution in [0.15, 0.2) is 30.1 Å². The highest BCUT2D eigenvalue weighted by molar-refractivity contribution is 5.95. The lowest BCUT2D eigenvalue weighted by molar-refractivity contribution is 0.0594. The van der Waals surface area contributed by atoms with Gasteiger partial charge in [-0.25, -0.2) is 4.79 Å². The smallest absolute Gasteiger partial charge is 0.341 e. The van der Waals surface area contributed by atoms with Gasteiger partial charge in [0.25, 0.3) is 0 Å². The van der Waals surface area contributed by atoms with Crippen molar-refractivity contribution in [3.8, 4) is 11.5 Å². The molecule has 1 aromatic rings. The zero-order valence-electron chi connectivity index (χ0n) is 15.9. The van der Waals surface area contributed by atoms with Gasteiger partial charge in [0.05, 0.1) is 7.11 Å². The summed E-state index contributed by atoms with van der Waals surface area (Å²) < 4.78 is 11.1. The minimum atomic E-state index is -0.421. The highest BCUT2D eigenvalue weighted by atomic mass is 16.5. The molecule has 1 N–H and O–H groups in total. The molecule has 0 spiro atoms. The molecule has 0 unspecified atom stereocenters. The predicted octanol–water partition coefficient (Wildman–Crippen LogP) is 5.26. The number of allylic oxidation sites excluding steroid dienone is 3. The molecule has 140 valence electrons. The van der Waals surface area contributed by atoms with Crippen LogP contribution in [0.25, 0.3) is 0 Å². The Morgan fingerprint density at radius 3 is 2.88 bits per heavy atom. The molecule has 2 aliphatic rings. The van der Waals surface area contributed by atoms with Gasteiger partial charge < -0.3 is 14.6 Å². The molecule has 26 heavy (non-hydrogen) atoms. The molecule has 4 heteroatoms. The maximum atomic E-state index is 12.6. The molecule has 0 aromatic heterocycles. The Morgan fingerprint density at radius 2 is 2.19 bits per heavy atom. The number of benzene rings is 1. The highest BCUT2D eigenvalue weighted by Gasteiger charge is 2.39. The summed E-state index contributed by atoms with van der Waals surface area (Å²) in [5.74, 6) is 1.01. The van der Waals surface area contributed by atoms with E-state index in [1.807, 2.05) is 0 Å². The second-order valence-electron chi connectivity index (χ2n) is 7.37. The van der Waals surface area contributed by atoms with Crippen molar-refractivity contribution >= 4 is 5.97 Å². The Hall–Kier alpha value is -2.23. The number of carbonyl (C=O) groups excluding carboxylic acids is 1. The van der Waals surface area contributed by atoms with Crippen LogP contribution < -0.4 is 4.74 Å². The van der Waals surface area contributed by atoms with E-state index in [9.17, 15) is 9.90 Å². The van der Waals surface area contributed by atoms with Gasteiger partial charge in [-0.1, -0.05) is 38.0 Å². The summed E-state index contributed by atoms with van der Waals surface area (Å²) in [5, 5.41) is 10.8. The van der Waals surface area contributed by atoms with Gasteiger partial charge in [0.15, 0.2) is 0 Å². The zero-order valence-corrected chi connectivity index (χ0v) is 15.9. The van der Waals surface area contributed by atoms with E-state index in [1.54, 1.807) is 6.07 Å². The Labute approximate surface area is 155 Å². The molecule has 0 fully saturated rings. The SMILES string of the molecule is C=C1Oc2c(C(=O)OC)c(CCCCC)cc(O)c2[C@@H]2C=C(C)CC[C@@H]12. The quantitative estimate of drug-likeness (QED) is 0.444. The number of phenols is 1. The minimum absolute atomic E-state index is 0.00639. The monoisotopic (exact) mass is 356 g/mol. The second kappa shape index (κ2) is 7.56. The number of fused-ring (bicyclic) bond motifs is 3. The molecule has 0 saturated carbocycles. The number of phenolic OH excluding ortho intramolecular Hbond substituents is 1. The molecule has 2 atom stereocenters. The number of carbonyl (C=O) groups is 1. The number of hydrogen-bond donors (Lipinski definition) is 1. The van der Waals surface area contributed by atoms with Crippen LogP contribution in [0.2, 0.25) is 0 Å². The molecule has 0 bridgehead atoms. The van der Waals surface area contributed by atoms with Crippen LogP contribution in [-0.2, 0) is 11.2 Å². The summed E-state index contributed by atoms with van der Waals surface area (Å²) in [4.78, 5) is 12.6. The predicted molar refractivity (Wildman–Crippen MR) is 102 cm³/mol. The molecule has 1 aliphatic heterocycles. The highest BCUT2D eigenvalue weighted by Crippen LogP contribution is 2.52. The normalized spacial score (nSPS) is 21.3. The minimum Gasteiger partial charge on any atom is -0.507 e. The van der Waals surface area contributed by atoms with E-state index in [4.69, 9.17) is 9.47 Å². The molecule has 1 aliphatic carbocycles. The number of rotatable bonds is 5. The van der Waals surface area contributed by atoms with E-state index >= 15 is 0 Å². The Kier molecular flexibility index (Phi) is 5.40. The fourth-order valence-corrected chi connectivity index (χ4v) is 4.15. The molecule has 0 amide bonds. The summed E-state index contributed by atoms with van der Waals surface area (Å²) in [6, 6.07) is 1.73. The Morgan fingerprint density at radius 1 is 1.42 bits per heavy atom. The van der Waals surface area contributed by atoms with Gasteiger partial charge in [-0.15, -0.1) is 0 Å². The summed E-state index contributed by atoms with van der Waals surface area (Å²) in [6.07, 6.45) is 7.93. The van der Waals surface area contributed by atoms with Gasteiger partial charge in [-0.3, -0.25) is 0 Å². The number of hydrogen-bond acceptors (Lipinski definition) is 4. The number of esters is 1. The summed E-state index contributed by atoms with van der Waals surface area (Å²) in [5.41, 5.74) is 3.20. The molecule has 3 rings (SSSR count). The first-order valence-corrected chi connectivity index (χ1v) is 9.48. The third-order valence-electron chi connectivity index (χ3n) is 5.55. The van der Waals surface area contributed by atoms with Crippen LogP contribution in [-0.4, -0.2) is 18.2 Å². The van der Waals surface area contributed by atoms with Crippen LogP contribution >= 0.6 is 0 Å². The van der Waals surface area contributed by atoms with Crippen molar-refractivity contribution in [1.29, 1.82) is 0 Å². The average Bonchev–Trinajstić information content (AvgIpc) is 2.61. The van der Waals surface area contributed by atoms with Crippen molar-refractivity contribution in [2.24, 2.45) is 5.92 Å². The van der Waals surface area contributed by atoms with E-state index < -0.39 is 5.97 Å². The van der Waals surface area contributed by atoms with E-state index in [0.717, 1.165) is 37.7 Å². The van der Waals surface area contributed by atoms with E-state index in [1.165, 1.54) is 12.7 Å². The van der Waals surface area contributed by atoms with Crippen molar-refractivity contribution in [2.45, 2.75) is 58.3 Å². The molecular formula is C22H28O4. The van der Waals surface area contributed by atoms with Gasteiger partial charge in [0, 0.05) is 17.4 Å². The number of aromatic hydroxyl groups is 1. The van der Waals surface area contributed by atoms with E-state index in [0.29, 0.717) is 29.1 Å². The summed E-state index contributed by atoms with van der Waals surface area (Å²) in [7, 11) is 1.38. The largest absolute Gasteiger partial charge is 0.507 e. The second-order valence-corrected chi connectivity index (χ2v) is 7.37. The fraction of sp³-hybridized carbons (Fsp3) is 0.500. The van der Waals surface area contributed by atoms with Crippen molar-refractivity contribution in [2.75, 3.05) is 7.11 Å². The Balaban J connectivity index is 2.16. The molecular weight excluding hydrogens is 328 g/mol. The molecule has 0 radical (unpaired) electrons. The molecule has 1 aromatic carbocycles. The third-order valence-corrected chi connectivity index (χ3v) is 5.55. The van der Waals surface area contributed by atoms with Crippen LogP contribution in [0.1, 0.15) is 73.4 Å². The van der Waals surface area contributed by atoms with E-state index in [2.05, 4.69) is 26.5 Å². The van der Waals surface area contributed by atoms with Crippen LogP contribution in [0.4, 0.5) is 0 Å². The summed E-state index contributed by atoms with van der Waals surface area (Å²) in [6.45, 7) is 8.34. The number of unbranched alkanes of at least 4 members (excludes halogenated alkanes) is 2. The molecule has 0 saturated heterocycles. The number of ether oxygens (including phenoxy) is 2. The van der Waals surface area contributed by atoms with Crippen LogP contribution in [0.3, 0.4) is 0 Å². The van der Waals surface area contributed by atoms with Crippen molar-refractivity contribution in [3.63, 3.8) is 0 Å². The van der Waals surface area contributed by atoms with Crippen molar-refractivity contribution in [1.82, 2.24) is 0 Å². The lowest BCUT2D eigenvalue weighted by Gasteiger charge is -2.37. The van der Waals surface area contributed by atoms with Gasteiger partial charge in [-0.2, -0.15) is 0 Å². The first kappa shape index (κ1) is 18.6. The first-order chi connectivity index (χ1) is 12.5. The van der Waals surface area contributed by atoms with Gasteiger partial charge in [0.1, 0.15) is 22.8 Å². The number of methoxy groups -OCH3 is 1. The molecule has 4 nitrogen and oxygen atoms in total. The van der Waals surface area contributed by atoms with Gasteiger partial charge in [0.2, 0.25) is 0 Å². The zero-order chi connectivity index (χ0) is 18.8. The third kappa shape index (κ3) is 3.25. The summed E-state index contributed by atoms with van der Waals surface area (Å²) >= 11 is 0. The fourth-order valence-electron chi connectivity index (χ4n) is 4.15. The van der Waals surface area contributed by atoms with Crippen molar-refractivity contribution < 1.29 is 19.4 Å². The van der Waals surface area contributed by atoms with E-state index in [-0.39, 0.29) is 17.6 Å². The first-order valence-electron chi connectivity index (χ1n) is 9.48. The average molecular weight is 356 g/mol. The van der Waals surface area contributed by atoms with Crippen LogP contribution in [0, 0.1) is 5.92 Å². The maximum absolute atomic E-state index is 12.6. The van der Waals surface area contributed by atoms with Gasteiger partial charge in [-0.05, 0) is 44.2 Å². The Bertz CT molecular complexity index is 760. The lowest BCUT2D eigenvalue weighted by Crippen LogP contribution is -2.27. The topological polar surface area (TPSA) is 55.8 Å². The maximum Gasteiger partial charge on any atom is 0.341 e. The number of aryl methyl sites for hydroxylation is 1. The van der Waals surface area contributed by atoms with Crippen molar-refractivity contribution in [3.05, 3.63) is 46.7 Å². The van der Waals surface area contributed by atoms with Crippen LogP contribution in [0.5, 0.6) is 11.5 Å². The van der Waals surface area contributed by atoms with Gasteiger partial charge >= 0.3 is 5.97 Å². The standard InChI is InChI=1S/C22H28O4/c1-5-6-7-8-15-12-18(23)20-17-11-13(2)9-10-16(17)14(3)26-21(20)19(15)22(24)25-4/h11-12,16-17,23H,3,5-10H2,1-2,4H3/t16-,17+/m0/s1.